The minimum absolute atomic E-state index is 0.118. The number of amides is 1. The van der Waals surface area contributed by atoms with Crippen molar-refractivity contribution in [3.05, 3.63) is 53.1 Å². The van der Waals surface area contributed by atoms with Crippen LogP contribution in [0.5, 0.6) is 0 Å². The van der Waals surface area contributed by atoms with Crippen LogP contribution in [0.4, 0.5) is 11.6 Å². The lowest BCUT2D eigenvalue weighted by atomic mass is 9.86. The fraction of sp³-hybridized carbons (Fsp3) is 0.586. The van der Waals surface area contributed by atoms with Crippen LogP contribution in [0.2, 0.25) is 0 Å². The lowest BCUT2D eigenvalue weighted by Gasteiger charge is -2.22. The highest BCUT2D eigenvalue weighted by atomic mass is 32.2. The molecule has 1 amide bonds. The van der Waals surface area contributed by atoms with Gasteiger partial charge in [0.1, 0.15) is 11.6 Å². The molecule has 2 aromatic rings. The SMILES string of the molecule is CC1CC1CNc1cc(C(=O)NCCCNCc2cccc(C(C)(C)C)c2)cc(N(C)S(=O)(=O)C(C)C)n1. The zero-order valence-electron chi connectivity index (χ0n) is 24.0. The summed E-state index contributed by atoms with van der Waals surface area (Å²) < 4.78 is 26.7. The van der Waals surface area contributed by atoms with Gasteiger partial charge < -0.3 is 16.0 Å². The number of pyridine rings is 1. The fourth-order valence-electron chi connectivity index (χ4n) is 4.16. The van der Waals surface area contributed by atoms with Crippen LogP contribution in [-0.4, -0.2) is 51.2 Å². The van der Waals surface area contributed by atoms with Gasteiger partial charge in [0.2, 0.25) is 10.0 Å². The number of carbonyl (C=O) groups excluding carboxylic acids is 1. The number of carbonyl (C=O) groups is 1. The number of benzene rings is 1. The maximum Gasteiger partial charge on any atom is 0.251 e. The van der Waals surface area contributed by atoms with Gasteiger partial charge in [-0.2, -0.15) is 0 Å². The molecule has 0 aliphatic heterocycles. The first-order valence-corrected chi connectivity index (χ1v) is 15.1. The van der Waals surface area contributed by atoms with E-state index in [1.54, 1.807) is 26.0 Å². The van der Waals surface area contributed by atoms with Crippen molar-refractivity contribution in [2.45, 2.75) is 71.6 Å². The molecule has 210 valence electrons. The second kappa shape index (κ2) is 12.5. The van der Waals surface area contributed by atoms with Gasteiger partial charge in [-0.15, -0.1) is 0 Å². The molecule has 3 rings (SSSR count). The molecule has 3 N–H and O–H groups in total. The highest BCUT2D eigenvalue weighted by Crippen LogP contribution is 2.37. The molecule has 1 saturated carbocycles. The van der Waals surface area contributed by atoms with E-state index in [0.717, 1.165) is 36.8 Å². The topological polar surface area (TPSA) is 103 Å². The maximum atomic E-state index is 13.0. The highest BCUT2D eigenvalue weighted by Gasteiger charge is 2.32. The molecule has 1 aromatic heterocycles. The van der Waals surface area contributed by atoms with Crippen LogP contribution < -0.4 is 20.3 Å². The minimum Gasteiger partial charge on any atom is -0.370 e. The quantitative estimate of drug-likeness (QED) is 0.321. The molecule has 0 bridgehead atoms. The average Bonchev–Trinajstić information content (AvgIpc) is 3.58. The van der Waals surface area contributed by atoms with Crippen molar-refractivity contribution in [3.63, 3.8) is 0 Å². The van der Waals surface area contributed by atoms with Gasteiger partial charge in [0, 0.05) is 32.2 Å². The lowest BCUT2D eigenvalue weighted by molar-refractivity contribution is 0.0953. The van der Waals surface area contributed by atoms with E-state index in [0.29, 0.717) is 29.8 Å². The Bertz CT molecular complexity index is 1210. The third kappa shape index (κ3) is 8.17. The molecule has 1 heterocycles. The number of anilines is 2. The molecule has 38 heavy (non-hydrogen) atoms. The first-order chi connectivity index (χ1) is 17.8. The predicted molar refractivity (Wildman–Crippen MR) is 156 cm³/mol. The van der Waals surface area contributed by atoms with Crippen LogP contribution in [0.15, 0.2) is 36.4 Å². The molecule has 1 aromatic carbocycles. The van der Waals surface area contributed by atoms with Crippen molar-refractivity contribution in [2.75, 3.05) is 36.3 Å². The third-order valence-corrected chi connectivity index (χ3v) is 9.28. The zero-order valence-corrected chi connectivity index (χ0v) is 24.8. The molecule has 0 radical (unpaired) electrons. The van der Waals surface area contributed by atoms with Crippen LogP contribution in [-0.2, 0) is 22.0 Å². The summed E-state index contributed by atoms with van der Waals surface area (Å²) in [5, 5.41) is 9.11. The smallest absolute Gasteiger partial charge is 0.251 e. The van der Waals surface area contributed by atoms with Crippen LogP contribution >= 0.6 is 0 Å². The summed E-state index contributed by atoms with van der Waals surface area (Å²) in [6.45, 7) is 14.9. The molecule has 2 unspecified atom stereocenters. The third-order valence-electron chi connectivity index (χ3n) is 7.13. The Kier molecular flexibility index (Phi) is 9.81. The molecule has 1 fully saturated rings. The van der Waals surface area contributed by atoms with Crippen LogP contribution in [0, 0.1) is 11.8 Å². The van der Waals surface area contributed by atoms with Crippen LogP contribution in [0.25, 0.3) is 0 Å². The van der Waals surface area contributed by atoms with Crippen molar-refractivity contribution >= 4 is 27.6 Å². The number of aromatic nitrogens is 1. The molecular weight excluding hydrogens is 498 g/mol. The van der Waals surface area contributed by atoms with Gasteiger partial charge in [-0.1, -0.05) is 52.0 Å². The van der Waals surface area contributed by atoms with E-state index in [4.69, 9.17) is 0 Å². The van der Waals surface area contributed by atoms with Gasteiger partial charge >= 0.3 is 0 Å². The van der Waals surface area contributed by atoms with Crippen molar-refractivity contribution in [1.82, 2.24) is 15.6 Å². The summed E-state index contributed by atoms with van der Waals surface area (Å²) in [7, 11) is -2.09. The van der Waals surface area contributed by atoms with Gasteiger partial charge in [0.25, 0.3) is 5.91 Å². The standard InChI is InChI=1S/C29H45N5O3S/c1-20(2)38(36,37)34(7)27-17-23(16-26(33-27)32-19-24-14-21(24)3)28(35)31-13-9-12-30-18-22-10-8-11-25(15-22)29(4,5)6/h8,10-11,15-17,20-21,24,30H,9,12-14,18-19H2,1-7H3,(H,31,35)(H,32,33). The van der Waals surface area contributed by atoms with E-state index in [9.17, 15) is 13.2 Å². The number of nitrogens with zero attached hydrogens (tertiary/aromatic N) is 2. The molecule has 0 spiro atoms. The highest BCUT2D eigenvalue weighted by molar-refractivity contribution is 7.93. The van der Waals surface area contributed by atoms with E-state index in [2.05, 4.69) is 72.9 Å². The summed E-state index contributed by atoms with van der Waals surface area (Å²) in [5.74, 6) is 1.75. The van der Waals surface area contributed by atoms with E-state index < -0.39 is 15.3 Å². The Balaban J connectivity index is 1.57. The van der Waals surface area contributed by atoms with Gasteiger partial charge in [-0.3, -0.25) is 9.10 Å². The first kappa shape index (κ1) is 29.9. The summed E-state index contributed by atoms with van der Waals surface area (Å²) in [6, 6.07) is 11.9. The van der Waals surface area contributed by atoms with Crippen molar-refractivity contribution < 1.29 is 13.2 Å². The molecule has 9 heteroatoms. The largest absolute Gasteiger partial charge is 0.370 e. The number of nitrogens with one attached hydrogen (secondary N) is 3. The average molecular weight is 544 g/mol. The normalized spacial score (nSPS) is 17.4. The molecule has 1 aliphatic carbocycles. The van der Waals surface area contributed by atoms with E-state index >= 15 is 0 Å². The Morgan fingerprint density at radius 2 is 1.87 bits per heavy atom. The Hall–Kier alpha value is -2.65. The number of sulfonamides is 1. The molecule has 0 saturated heterocycles. The van der Waals surface area contributed by atoms with Gasteiger partial charge in [-0.05, 0) is 73.7 Å². The van der Waals surface area contributed by atoms with E-state index in [1.807, 2.05) is 0 Å². The maximum absolute atomic E-state index is 13.0. The van der Waals surface area contributed by atoms with Crippen molar-refractivity contribution in [3.8, 4) is 0 Å². The lowest BCUT2D eigenvalue weighted by Crippen LogP contribution is -2.34. The molecule has 2 atom stereocenters. The zero-order chi connectivity index (χ0) is 28.1. The number of hydrogen-bond donors (Lipinski definition) is 3. The van der Waals surface area contributed by atoms with E-state index in [1.165, 1.54) is 18.2 Å². The van der Waals surface area contributed by atoms with Gasteiger partial charge in [-0.25, -0.2) is 13.4 Å². The van der Waals surface area contributed by atoms with E-state index in [-0.39, 0.29) is 17.1 Å². The summed E-state index contributed by atoms with van der Waals surface area (Å²) in [4.78, 5) is 17.5. The monoisotopic (exact) mass is 543 g/mol. The summed E-state index contributed by atoms with van der Waals surface area (Å²) in [5.41, 5.74) is 3.06. The number of rotatable bonds is 13. The van der Waals surface area contributed by atoms with Crippen LogP contribution in [0.1, 0.15) is 75.9 Å². The summed E-state index contributed by atoms with van der Waals surface area (Å²) >= 11 is 0. The van der Waals surface area contributed by atoms with Crippen LogP contribution in [0.3, 0.4) is 0 Å². The van der Waals surface area contributed by atoms with Gasteiger partial charge in [0.05, 0.1) is 5.25 Å². The predicted octanol–water partition coefficient (Wildman–Crippen LogP) is 4.53. The van der Waals surface area contributed by atoms with Crippen molar-refractivity contribution in [2.24, 2.45) is 11.8 Å². The summed E-state index contributed by atoms with van der Waals surface area (Å²) in [6.07, 6.45) is 1.94. The van der Waals surface area contributed by atoms with Crippen molar-refractivity contribution in [1.29, 1.82) is 0 Å². The Labute approximate surface area is 229 Å². The Morgan fingerprint density at radius 1 is 1.16 bits per heavy atom. The number of hydrogen-bond acceptors (Lipinski definition) is 6. The minimum atomic E-state index is -3.58. The van der Waals surface area contributed by atoms with Gasteiger partial charge in [0.15, 0.2) is 0 Å². The second-order valence-corrected chi connectivity index (χ2v) is 14.3. The first-order valence-electron chi connectivity index (χ1n) is 13.6. The molecular formula is C29H45N5O3S. The fourth-order valence-corrected chi connectivity index (χ4v) is 5.15. The molecule has 1 aliphatic rings. The Morgan fingerprint density at radius 3 is 2.50 bits per heavy atom. The molecule has 8 nitrogen and oxygen atoms in total. The second-order valence-electron chi connectivity index (χ2n) is 11.8.